The van der Waals surface area contributed by atoms with Crippen LogP contribution in [0.2, 0.25) is 10.0 Å². The van der Waals surface area contributed by atoms with Crippen molar-refractivity contribution < 1.29 is 9.59 Å². The lowest BCUT2D eigenvalue weighted by Gasteiger charge is -2.08. The predicted molar refractivity (Wildman–Crippen MR) is 82.7 cm³/mol. The maximum atomic E-state index is 11.8. The molecule has 1 aromatic heterocycles. The largest absolute Gasteiger partial charge is 0.316 e. The molecule has 0 saturated carbocycles. The summed E-state index contributed by atoms with van der Waals surface area (Å²) < 4.78 is 0. The number of anilines is 2. The Labute approximate surface area is 131 Å². The predicted octanol–water partition coefficient (Wildman–Crippen LogP) is 3.27. The number of aryl methyl sites for hydroxylation is 1. The third-order valence-electron chi connectivity index (χ3n) is 2.56. The van der Waals surface area contributed by atoms with Crippen LogP contribution < -0.4 is 10.6 Å². The van der Waals surface area contributed by atoms with Crippen molar-refractivity contribution in [1.29, 1.82) is 0 Å². The van der Waals surface area contributed by atoms with Gasteiger partial charge in [0.2, 0.25) is 0 Å². The highest BCUT2D eigenvalue weighted by atomic mass is 35.5. The molecule has 0 bridgehead atoms. The third kappa shape index (κ3) is 3.93. The van der Waals surface area contributed by atoms with E-state index in [1.807, 2.05) is 6.92 Å². The summed E-state index contributed by atoms with van der Waals surface area (Å²) >= 11 is 11.8. The van der Waals surface area contributed by atoms with Crippen molar-refractivity contribution in [3.8, 4) is 0 Å². The fourth-order valence-corrected chi connectivity index (χ4v) is 1.90. The molecule has 0 aliphatic heterocycles. The molecule has 0 saturated heterocycles. The van der Waals surface area contributed by atoms with Crippen molar-refractivity contribution in [1.82, 2.24) is 4.98 Å². The van der Waals surface area contributed by atoms with Gasteiger partial charge in [0.15, 0.2) is 0 Å². The number of carbonyl (C=O) groups excluding carboxylic acids is 2. The molecule has 0 atom stereocenters. The van der Waals surface area contributed by atoms with E-state index in [-0.39, 0.29) is 15.7 Å². The van der Waals surface area contributed by atoms with Crippen molar-refractivity contribution in [2.24, 2.45) is 0 Å². The van der Waals surface area contributed by atoms with Crippen LogP contribution in [0.15, 0.2) is 36.5 Å². The van der Waals surface area contributed by atoms with E-state index in [2.05, 4.69) is 15.6 Å². The minimum atomic E-state index is -0.859. The Morgan fingerprint density at radius 2 is 1.81 bits per heavy atom. The zero-order valence-electron chi connectivity index (χ0n) is 11.0. The molecule has 0 spiro atoms. The Bertz CT molecular complexity index is 704. The Hall–Kier alpha value is -2.11. The average Bonchev–Trinajstić information content (AvgIpc) is 2.44. The summed E-state index contributed by atoms with van der Waals surface area (Å²) in [6.07, 6.45) is 1.54. The van der Waals surface area contributed by atoms with Crippen LogP contribution in [0.4, 0.5) is 11.5 Å². The summed E-state index contributed by atoms with van der Waals surface area (Å²) in [6.45, 7) is 1.85. The fraction of sp³-hybridized carbons (Fsp3) is 0.0714. The van der Waals surface area contributed by atoms with Gasteiger partial charge in [-0.15, -0.1) is 0 Å². The van der Waals surface area contributed by atoms with Gasteiger partial charge in [0, 0.05) is 6.20 Å². The van der Waals surface area contributed by atoms with Crippen LogP contribution in [0.25, 0.3) is 0 Å². The lowest BCUT2D eigenvalue weighted by molar-refractivity contribution is -0.133. The number of pyridine rings is 1. The van der Waals surface area contributed by atoms with Gasteiger partial charge in [-0.25, -0.2) is 4.98 Å². The Morgan fingerprint density at radius 1 is 1.10 bits per heavy atom. The molecule has 5 nitrogen and oxygen atoms in total. The molecule has 0 fully saturated rings. The first kappa shape index (κ1) is 15.3. The molecule has 7 heteroatoms. The quantitative estimate of drug-likeness (QED) is 0.833. The SMILES string of the molecule is Cc1ccnc(NC(=O)C(=O)Nc2cccc(Cl)c2Cl)c1. The van der Waals surface area contributed by atoms with Crippen molar-refractivity contribution in [2.45, 2.75) is 6.92 Å². The Morgan fingerprint density at radius 3 is 2.52 bits per heavy atom. The maximum Gasteiger partial charge on any atom is 0.315 e. The van der Waals surface area contributed by atoms with E-state index in [0.717, 1.165) is 5.56 Å². The molecule has 21 heavy (non-hydrogen) atoms. The maximum absolute atomic E-state index is 11.8. The van der Waals surface area contributed by atoms with Crippen LogP contribution in [-0.2, 0) is 9.59 Å². The van der Waals surface area contributed by atoms with Crippen molar-refractivity contribution in [2.75, 3.05) is 10.6 Å². The summed E-state index contributed by atoms with van der Waals surface area (Å²) in [7, 11) is 0. The molecule has 1 heterocycles. The van der Waals surface area contributed by atoms with Gasteiger partial charge in [0.25, 0.3) is 0 Å². The van der Waals surface area contributed by atoms with Crippen LogP contribution in [0.3, 0.4) is 0 Å². The second-order valence-corrected chi connectivity index (χ2v) is 5.01. The minimum Gasteiger partial charge on any atom is -0.316 e. The van der Waals surface area contributed by atoms with E-state index in [4.69, 9.17) is 23.2 Å². The lowest BCUT2D eigenvalue weighted by atomic mass is 10.3. The van der Waals surface area contributed by atoms with Gasteiger partial charge in [0.05, 0.1) is 15.7 Å². The van der Waals surface area contributed by atoms with E-state index in [1.165, 1.54) is 6.20 Å². The Kier molecular flexibility index (Phi) is 4.77. The van der Waals surface area contributed by atoms with Gasteiger partial charge in [-0.3, -0.25) is 9.59 Å². The molecule has 0 aliphatic rings. The lowest BCUT2D eigenvalue weighted by Crippen LogP contribution is -2.29. The van der Waals surface area contributed by atoms with Gasteiger partial charge in [0.1, 0.15) is 5.82 Å². The number of rotatable bonds is 2. The summed E-state index contributed by atoms with van der Waals surface area (Å²) in [5.41, 5.74) is 1.18. The van der Waals surface area contributed by atoms with Crippen molar-refractivity contribution >= 4 is 46.5 Å². The first-order valence-electron chi connectivity index (χ1n) is 5.96. The van der Waals surface area contributed by atoms with Gasteiger partial charge in [-0.2, -0.15) is 0 Å². The summed E-state index contributed by atoms with van der Waals surface area (Å²) in [5.74, 6) is -1.40. The van der Waals surface area contributed by atoms with Crippen LogP contribution in [0.5, 0.6) is 0 Å². The molecular formula is C14H11Cl2N3O2. The standard InChI is InChI=1S/C14H11Cl2N3O2/c1-8-5-6-17-11(7-8)19-14(21)13(20)18-10-4-2-3-9(15)12(10)16/h2-7H,1H3,(H,18,20)(H,17,19,21). The molecule has 0 unspecified atom stereocenters. The topological polar surface area (TPSA) is 71.1 Å². The monoisotopic (exact) mass is 323 g/mol. The van der Waals surface area contributed by atoms with Crippen LogP contribution in [0, 0.1) is 6.92 Å². The molecule has 2 aromatic rings. The highest BCUT2D eigenvalue weighted by Gasteiger charge is 2.16. The first-order chi connectivity index (χ1) is 9.97. The number of nitrogens with zero attached hydrogens (tertiary/aromatic N) is 1. The zero-order chi connectivity index (χ0) is 15.4. The third-order valence-corrected chi connectivity index (χ3v) is 3.38. The number of halogens is 2. The first-order valence-corrected chi connectivity index (χ1v) is 6.72. The van der Waals surface area contributed by atoms with Crippen LogP contribution in [0.1, 0.15) is 5.56 Å². The second kappa shape index (κ2) is 6.56. The number of hydrogen-bond donors (Lipinski definition) is 2. The van der Waals surface area contributed by atoms with E-state index < -0.39 is 11.8 Å². The summed E-state index contributed by atoms with van der Waals surface area (Å²) in [4.78, 5) is 27.5. The number of nitrogens with one attached hydrogen (secondary N) is 2. The Balaban J connectivity index is 2.06. The van der Waals surface area contributed by atoms with Gasteiger partial charge < -0.3 is 10.6 Å². The van der Waals surface area contributed by atoms with Gasteiger partial charge >= 0.3 is 11.8 Å². The highest BCUT2D eigenvalue weighted by molar-refractivity contribution is 6.47. The zero-order valence-corrected chi connectivity index (χ0v) is 12.5. The smallest absolute Gasteiger partial charge is 0.315 e. The van der Waals surface area contributed by atoms with Crippen LogP contribution in [-0.4, -0.2) is 16.8 Å². The fourth-order valence-electron chi connectivity index (χ4n) is 1.56. The minimum absolute atomic E-state index is 0.175. The molecule has 1 aromatic carbocycles. The molecule has 0 radical (unpaired) electrons. The van der Waals surface area contributed by atoms with E-state index in [0.29, 0.717) is 5.82 Å². The molecule has 108 valence electrons. The van der Waals surface area contributed by atoms with Crippen LogP contribution >= 0.6 is 23.2 Å². The summed E-state index contributed by atoms with van der Waals surface area (Å²) in [5, 5.41) is 5.25. The van der Waals surface area contributed by atoms with Crippen molar-refractivity contribution in [3.05, 3.63) is 52.1 Å². The average molecular weight is 324 g/mol. The molecule has 0 aliphatic carbocycles. The molecule has 2 N–H and O–H groups in total. The number of hydrogen-bond acceptors (Lipinski definition) is 3. The van der Waals surface area contributed by atoms with Gasteiger partial charge in [-0.05, 0) is 36.8 Å². The number of benzene rings is 1. The van der Waals surface area contributed by atoms with Gasteiger partial charge in [-0.1, -0.05) is 29.3 Å². The number of carbonyl (C=O) groups is 2. The van der Waals surface area contributed by atoms with E-state index in [9.17, 15) is 9.59 Å². The normalized spacial score (nSPS) is 10.0. The van der Waals surface area contributed by atoms with E-state index >= 15 is 0 Å². The number of amides is 2. The molecular weight excluding hydrogens is 313 g/mol. The summed E-state index contributed by atoms with van der Waals surface area (Å²) in [6, 6.07) is 8.17. The second-order valence-electron chi connectivity index (χ2n) is 4.23. The number of aromatic nitrogens is 1. The molecule has 2 rings (SSSR count). The van der Waals surface area contributed by atoms with E-state index in [1.54, 1.807) is 30.3 Å². The highest BCUT2D eigenvalue weighted by Crippen LogP contribution is 2.29. The molecule has 2 amide bonds. The van der Waals surface area contributed by atoms with Crippen molar-refractivity contribution in [3.63, 3.8) is 0 Å².